The predicted molar refractivity (Wildman–Crippen MR) is 55.2 cm³/mol. The fourth-order valence-electron chi connectivity index (χ4n) is 5.24. The summed E-state index contributed by atoms with van der Waals surface area (Å²) in [6, 6.07) is 0. The van der Waals surface area contributed by atoms with Crippen molar-refractivity contribution in [2.75, 3.05) is 0 Å². The van der Waals surface area contributed by atoms with Gasteiger partial charge in [-0.2, -0.15) is 0 Å². The highest BCUT2D eigenvalue weighted by Gasteiger charge is 2.71. The SMILES string of the molecule is CCC1C(C)C2C3C(C)C(C)C3C12. The van der Waals surface area contributed by atoms with Crippen LogP contribution in [0.25, 0.3) is 0 Å². The number of hydrogen-bond acceptors (Lipinski definition) is 0. The van der Waals surface area contributed by atoms with E-state index in [1.165, 1.54) is 6.42 Å². The molecule has 3 rings (SSSR count). The second-order valence-corrected chi connectivity index (χ2v) is 5.96. The third-order valence-electron chi connectivity index (χ3n) is 6.07. The molecule has 0 bridgehead atoms. The van der Waals surface area contributed by atoms with Gasteiger partial charge in [0.15, 0.2) is 0 Å². The van der Waals surface area contributed by atoms with Crippen molar-refractivity contribution in [1.82, 2.24) is 0 Å². The van der Waals surface area contributed by atoms with Crippen LogP contribution in [0, 0.1) is 47.3 Å². The molecule has 3 fully saturated rings. The van der Waals surface area contributed by atoms with Crippen molar-refractivity contribution in [2.45, 2.75) is 34.1 Å². The zero-order valence-electron chi connectivity index (χ0n) is 9.33. The van der Waals surface area contributed by atoms with Crippen molar-refractivity contribution < 1.29 is 0 Å². The van der Waals surface area contributed by atoms with Gasteiger partial charge in [-0.3, -0.25) is 0 Å². The quantitative estimate of drug-likeness (QED) is 0.577. The fraction of sp³-hybridized carbons (Fsp3) is 1.00. The van der Waals surface area contributed by atoms with E-state index in [9.17, 15) is 0 Å². The third kappa shape index (κ3) is 0.680. The Hall–Kier alpha value is 0. The molecule has 0 heterocycles. The van der Waals surface area contributed by atoms with Crippen molar-refractivity contribution in [3.63, 3.8) is 0 Å². The molecule has 8 unspecified atom stereocenters. The van der Waals surface area contributed by atoms with Crippen LogP contribution in [0.5, 0.6) is 0 Å². The summed E-state index contributed by atoms with van der Waals surface area (Å²) in [4.78, 5) is 0. The summed E-state index contributed by atoms with van der Waals surface area (Å²) in [6.45, 7) is 9.85. The van der Waals surface area contributed by atoms with Crippen molar-refractivity contribution in [2.24, 2.45) is 47.3 Å². The molecule has 3 aliphatic rings. The average molecular weight is 178 g/mol. The molecule has 0 aromatic carbocycles. The largest absolute Gasteiger partial charge is 0.0651 e. The van der Waals surface area contributed by atoms with E-state index in [2.05, 4.69) is 27.7 Å². The van der Waals surface area contributed by atoms with E-state index in [0.717, 1.165) is 47.3 Å². The molecular weight excluding hydrogens is 156 g/mol. The Kier molecular flexibility index (Phi) is 1.49. The molecule has 0 saturated heterocycles. The highest BCUT2D eigenvalue weighted by molar-refractivity contribution is 5.18. The molecule has 0 spiro atoms. The van der Waals surface area contributed by atoms with Crippen LogP contribution in [0.1, 0.15) is 34.1 Å². The normalized spacial score (nSPS) is 68.3. The molecule has 0 amide bonds. The van der Waals surface area contributed by atoms with Gasteiger partial charge in [0.05, 0.1) is 0 Å². The molecule has 13 heavy (non-hydrogen) atoms. The van der Waals surface area contributed by atoms with Gasteiger partial charge in [0.2, 0.25) is 0 Å². The monoisotopic (exact) mass is 178 g/mol. The van der Waals surface area contributed by atoms with Gasteiger partial charge in [-0.1, -0.05) is 34.1 Å². The Morgan fingerprint density at radius 1 is 0.692 bits per heavy atom. The molecule has 0 nitrogen and oxygen atoms in total. The van der Waals surface area contributed by atoms with Gasteiger partial charge >= 0.3 is 0 Å². The zero-order valence-corrected chi connectivity index (χ0v) is 9.33. The number of hydrogen-bond donors (Lipinski definition) is 0. The maximum atomic E-state index is 2.50. The van der Waals surface area contributed by atoms with Gasteiger partial charge in [0.25, 0.3) is 0 Å². The number of rotatable bonds is 1. The zero-order chi connectivity index (χ0) is 9.33. The second-order valence-electron chi connectivity index (χ2n) is 5.96. The first kappa shape index (κ1) is 8.32. The second kappa shape index (κ2) is 2.32. The van der Waals surface area contributed by atoms with Crippen LogP contribution in [0.2, 0.25) is 0 Å². The average Bonchev–Trinajstić information content (AvgIpc) is 2.10. The van der Waals surface area contributed by atoms with Gasteiger partial charge in [-0.25, -0.2) is 0 Å². The summed E-state index contributed by atoms with van der Waals surface area (Å²) >= 11 is 0. The molecule has 3 aliphatic carbocycles. The van der Waals surface area contributed by atoms with Crippen LogP contribution in [-0.4, -0.2) is 0 Å². The lowest BCUT2D eigenvalue weighted by atomic mass is 9.28. The van der Waals surface area contributed by atoms with Gasteiger partial charge in [-0.15, -0.1) is 0 Å². The smallest absolute Gasteiger partial charge is 0.0315 e. The first-order chi connectivity index (χ1) is 6.18. The molecule has 0 N–H and O–H groups in total. The lowest BCUT2D eigenvalue weighted by molar-refractivity contribution is -0.299. The minimum atomic E-state index is 1.05. The maximum absolute atomic E-state index is 2.50. The fourth-order valence-corrected chi connectivity index (χ4v) is 5.24. The third-order valence-corrected chi connectivity index (χ3v) is 6.07. The van der Waals surface area contributed by atoms with E-state index in [1.54, 1.807) is 0 Å². The Morgan fingerprint density at radius 2 is 1.15 bits per heavy atom. The van der Waals surface area contributed by atoms with Gasteiger partial charge in [-0.05, 0) is 47.3 Å². The van der Waals surface area contributed by atoms with Crippen LogP contribution < -0.4 is 0 Å². The molecule has 0 aliphatic heterocycles. The molecule has 8 atom stereocenters. The van der Waals surface area contributed by atoms with E-state index >= 15 is 0 Å². The Balaban J connectivity index is 1.77. The van der Waals surface area contributed by atoms with E-state index in [4.69, 9.17) is 0 Å². The Morgan fingerprint density at radius 3 is 1.69 bits per heavy atom. The minimum absolute atomic E-state index is 1.05. The molecule has 0 aromatic heterocycles. The molecule has 74 valence electrons. The van der Waals surface area contributed by atoms with Crippen molar-refractivity contribution in [1.29, 1.82) is 0 Å². The van der Waals surface area contributed by atoms with E-state index in [1.807, 2.05) is 0 Å². The standard InChI is InChI=1S/C13H22/c1-5-9-8(4)12-10-6(2)7(3)11(10)13(9)12/h6-13H,5H2,1-4H3. The molecule has 3 saturated carbocycles. The van der Waals surface area contributed by atoms with Crippen LogP contribution in [-0.2, 0) is 0 Å². The van der Waals surface area contributed by atoms with Gasteiger partial charge in [0, 0.05) is 0 Å². The van der Waals surface area contributed by atoms with Crippen LogP contribution in [0.4, 0.5) is 0 Å². The van der Waals surface area contributed by atoms with Crippen LogP contribution in [0.3, 0.4) is 0 Å². The Labute approximate surface area is 82.1 Å². The summed E-state index contributed by atoms with van der Waals surface area (Å²) in [5.41, 5.74) is 0. The van der Waals surface area contributed by atoms with Crippen LogP contribution in [0.15, 0.2) is 0 Å². The lowest BCUT2D eigenvalue weighted by Gasteiger charge is -2.77. The Bertz CT molecular complexity index is 226. The topological polar surface area (TPSA) is 0 Å². The highest BCUT2D eigenvalue weighted by Crippen LogP contribution is 2.75. The van der Waals surface area contributed by atoms with Crippen molar-refractivity contribution in [3.05, 3.63) is 0 Å². The van der Waals surface area contributed by atoms with Gasteiger partial charge in [0.1, 0.15) is 0 Å². The van der Waals surface area contributed by atoms with Crippen molar-refractivity contribution >= 4 is 0 Å². The highest BCUT2D eigenvalue weighted by atomic mass is 14.8. The van der Waals surface area contributed by atoms with Crippen molar-refractivity contribution in [3.8, 4) is 0 Å². The van der Waals surface area contributed by atoms with Gasteiger partial charge < -0.3 is 0 Å². The first-order valence-corrected chi connectivity index (χ1v) is 6.18. The van der Waals surface area contributed by atoms with E-state index in [0.29, 0.717) is 0 Å². The van der Waals surface area contributed by atoms with E-state index in [-0.39, 0.29) is 0 Å². The molecule has 0 heteroatoms. The molecular formula is C13H22. The minimum Gasteiger partial charge on any atom is -0.0651 e. The molecule has 0 aromatic rings. The summed E-state index contributed by atoms with van der Waals surface area (Å²) in [6.07, 6.45) is 1.44. The van der Waals surface area contributed by atoms with E-state index < -0.39 is 0 Å². The molecule has 0 radical (unpaired) electrons. The lowest BCUT2D eigenvalue weighted by Crippen LogP contribution is -2.73. The summed E-state index contributed by atoms with van der Waals surface area (Å²) in [7, 11) is 0. The predicted octanol–water partition coefficient (Wildman–Crippen LogP) is 3.43. The summed E-state index contributed by atoms with van der Waals surface area (Å²) in [5, 5.41) is 0. The number of fused-ring (bicyclic) bond motifs is 4. The summed E-state index contributed by atoms with van der Waals surface area (Å²) in [5.74, 6) is 8.88. The maximum Gasteiger partial charge on any atom is -0.0315 e. The summed E-state index contributed by atoms with van der Waals surface area (Å²) < 4.78 is 0. The first-order valence-electron chi connectivity index (χ1n) is 6.18. The van der Waals surface area contributed by atoms with Crippen LogP contribution >= 0.6 is 0 Å².